The second kappa shape index (κ2) is 4.56. The molecular weight excluding hydrogens is 263 g/mol. The van der Waals surface area contributed by atoms with Crippen LogP contribution in [0.25, 0.3) is 0 Å². The largest absolute Gasteiger partial charge is 0.478 e. The zero-order valence-electron chi connectivity index (χ0n) is 8.29. The minimum Gasteiger partial charge on any atom is -0.478 e. The van der Waals surface area contributed by atoms with Crippen LogP contribution in [0.2, 0.25) is 0 Å². The molecule has 0 aliphatic carbocycles. The number of aromatic carboxylic acids is 1. The highest BCUT2D eigenvalue weighted by Crippen LogP contribution is 2.33. The van der Waals surface area contributed by atoms with Crippen LogP contribution >= 0.6 is 0 Å². The van der Waals surface area contributed by atoms with E-state index in [1.807, 2.05) is 0 Å². The maximum Gasteiger partial charge on any atom is 0.433 e. The molecule has 1 heterocycles. The molecule has 0 aliphatic rings. The number of nitriles is 1. The highest BCUT2D eigenvalue weighted by atomic mass is 19.4. The maximum atomic E-state index is 12.5. The van der Waals surface area contributed by atoms with Gasteiger partial charge in [0.05, 0.1) is 11.1 Å². The van der Waals surface area contributed by atoms with E-state index in [0.29, 0.717) is 0 Å². The molecule has 0 radical (unpaired) electrons. The number of nitrogens with zero attached hydrogens (tertiary/aromatic N) is 2. The molecule has 0 aliphatic heterocycles. The zero-order chi connectivity index (χ0) is 14.1. The lowest BCUT2D eigenvalue weighted by molar-refractivity contribution is -0.141. The van der Waals surface area contributed by atoms with Gasteiger partial charge in [-0.3, -0.25) is 0 Å². The van der Waals surface area contributed by atoms with Crippen molar-refractivity contribution in [3.8, 4) is 6.07 Å². The molecule has 0 unspecified atom stereocenters. The Hall–Kier alpha value is -2.24. The Morgan fingerprint density at radius 2 is 2.00 bits per heavy atom. The number of carbonyl (C=O) groups is 1. The number of rotatable bonds is 2. The predicted molar refractivity (Wildman–Crippen MR) is 45.9 cm³/mol. The van der Waals surface area contributed by atoms with Gasteiger partial charge in [-0.15, -0.1) is 0 Å². The number of pyridine rings is 1. The van der Waals surface area contributed by atoms with Crippen molar-refractivity contribution in [3.63, 3.8) is 0 Å². The molecule has 0 spiro atoms. The molecule has 0 saturated carbocycles. The third kappa shape index (κ3) is 2.53. The van der Waals surface area contributed by atoms with Crippen LogP contribution in [0.5, 0.6) is 0 Å². The van der Waals surface area contributed by atoms with E-state index in [4.69, 9.17) is 10.4 Å². The summed E-state index contributed by atoms with van der Waals surface area (Å²) in [5.74, 6) is -1.99. The van der Waals surface area contributed by atoms with Gasteiger partial charge >= 0.3 is 12.1 Å². The van der Waals surface area contributed by atoms with Crippen LogP contribution in [0.4, 0.5) is 22.0 Å². The fourth-order valence-electron chi connectivity index (χ4n) is 1.18. The molecule has 0 amide bonds. The minimum absolute atomic E-state index is 0.0231. The van der Waals surface area contributed by atoms with Crippen LogP contribution in [0.15, 0.2) is 6.07 Å². The van der Waals surface area contributed by atoms with E-state index >= 15 is 0 Å². The van der Waals surface area contributed by atoms with Crippen LogP contribution in [0, 0.1) is 11.3 Å². The van der Waals surface area contributed by atoms with Gasteiger partial charge < -0.3 is 5.11 Å². The molecule has 0 fully saturated rings. The number of aromatic nitrogens is 1. The summed E-state index contributed by atoms with van der Waals surface area (Å²) >= 11 is 0. The average Bonchev–Trinajstić information content (AvgIpc) is 2.25. The Balaban J connectivity index is 3.66. The molecule has 0 bridgehead atoms. The normalized spacial score (nSPS) is 11.4. The third-order valence-electron chi connectivity index (χ3n) is 1.90. The SMILES string of the molecule is N#Cc1nc(C(F)(F)F)cc(C(=O)O)c1C(F)F. The van der Waals surface area contributed by atoms with Gasteiger partial charge in [0.15, 0.2) is 5.69 Å². The molecule has 1 aromatic heterocycles. The van der Waals surface area contributed by atoms with Crippen molar-refractivity contribution >= 4 is 5.97 Å². The highest BCUT2D eigenvalue weighted by Gasteiger charge is 2.36. The molecule has 0 atom stereocenters. The number of hydrogen-bond donors (Lipinski definition) is 1. The van der Waals surface area contributed by atoms with E-state index in [-0.39, 0.29) is 6.07 Å². The van der Waals surface area contributed by atoms with Crippen molar-refractivity contribution < 1.29 is 31.9 Å². The number of alkyl halides is 5. The summed E-state index contributed by atoms with van der Waals surface area (Å²) < 4.78 is 62.0. The topological polar surface area (TPSA) is 74.0 Å². The molecule has 96 valence electrons. The van der Waals surface area contributed by atoms with Gasteiger partial charge in [0.25, 0.3) is 6.43 Å². The lowest BCUT2D eigenvalue weighted by Gasteiger charge is -2.11. The Labute approximate surface area is 96.3 Å². The molecule has 1 N–H and O–H groups in total. The molecule has 1 aromatic rings. The van der Waals surface area contributed by atoms with Crippen molar-refractivity contribution in [1.29, 1.82) is 5.26 Å². The molecule has 0 aromatic carbocycles. The monoisotopic (exact) mass is 266 g/mol. The first kappa shape index (κ1) is 13.8. The van der Waals surface area contributed by atoms with Crippen molar-refractivity contribution in [1.82, 2.24) is 4.98 Å². The average molecular weight is 266 g/mol. The zero-order valence-corrected chi connectivity index (χ0v) is 8.29. The fourth-order valence-corrected chi connectivity index (χ4v) is 1.18. The predicted octanol–water partition coefficient (Wildman–Crippen LogP) is 2.61. The molecule has 4 nitrogen and oxygen atoms in total. The molecular formula is C9H3F5N2O2. The van der Waals surface area contributed by atoms with Gasteiger partial charge in [-0.25, -0.2) is 18.6 Å². The van der Waals surface area contributed by atoms with E-state index < -0.39 is 41.1 Å². The number of carboxylic acids is 1. The third-order valence-corrected chi connectivity index (χ3v) is 1.90. The Kier molecular flexibility index (Phi) is 3.50. The number of hydrogen-bond acceptors (Lipinski definition) is 3. The lowest BCUT2D eigenvalue weighted by Crippen LogP contribution is -2.15. The summed E-state index contributed by atoms with van der Waals surface area (Å²) in [4.78, 5) is 13.3. The van der Waals surface area contributed by atoms with Crippen LogP contribution < -0.4 is 0 Å². The number of halogens is 5. The van der Waals surface area contributed by atoms with Gasteiger partial charge in [-0.05, 0) is 6.07 Å². The Bertz CT molecular complexity index is 533. The quantitative estimate of drug-likeness (QED) is 0.835. The standard InChI is InChI=1S/C9H3F5N2O2/c10-7(11)6-3(8(17)18)1-5(9(12,13)14)16-4(6)2-15/h1,7H,(H,17,18). The van der Waals surface area contributed by atoms with Crippen LogP contribution in [0.1, 0.15) is 33.7 Å². The van der Waals surface area contributed by atoms with Crippen LogP contribution in [0.3, 0.4) is 0 Å². The number of carboxylic acid groups (broad SMARTS) is 1. The first-order valence-corrected chi connectivity index (χ1v) is 4.22. The van der Waals surface area contributed by atoms with Gasteiger partial charge in [-0.1, -0.05) is 0 Å². The first-order chi connectivity index (χ1) is 8.18. The maximum absolute atomic E-state index is 12.5. The second-order valence-electron chi connectivity index (χ2n) is 3.03. The Morgan fingerprint density at radius 3 is 2.33 bits per heavy atom. The van der Waals surface area contributed by atoms with E-state index in [0.717, 1.165) is 6.07 Å². The van der Waals surface area contributed by atoms with Crippen LogP contribution in [-0.4, -0.2) is 16.1 Å². The minimum atomic E-state index is -5.03. The summed E-state index contributed by atoms with van der Waals surface area (Å²) in [6, 6.07) is 1.01. The smallest absolute Gasteiger partial charge is 0.433 e. The van der Waals surface area contributed by atoms with Gasteiger partial charge in [0.2, 0.25) is 0 Å². The van der Waals surface area contributed by atoms with Gasteiger partial charge in [0.1, 0.15) is 11.8 Å². The van der Waals surface area contributed by atoms with Gasteiger partial charge in [0, 0.05) is 0 Å². The van der Waals surface area contributed by atoms with E-state index in [9.17, 15) is 26.7 Å². The van der Waals surface area contributed by atoms with Gasteiger partial charge in [-0.2, -0.15) is 18.4 Å². The van der Waals surface area contributed by atoms with Crippen molar-refractivity contribution in [3.05, 3.63) is 28.6 Å². The van der Waals surface area contributed by atoms with E-state index in [1.165, 1.54) is 0 Å². The molecule has 1 rings (SSSR count). The molecule has 0 saturated heterocycles. The molecule has 9 heteroatoms. The van der Waals surface area contributed by atoms with Crippen molar-refractivity contribution in [2.45, 2.75) is 12.6 Å². The summed E-state index contributed by atoms with van der Waals surface area (Å²) in [6.07, 6.45) is -8.45. The lowest BCUT2D eigenvalue weighted by atomic mass is 10.1. The molecule has 18 heavy (non-hydrogen) atoms. The summed E-state index contributed by atoms with van der Waals surface area (Å²) in [7, 11) is 0. The summed E-state index contributed by atoms with van der Waals surface area (Å²) in [5.41, 5.74) is -5.57. The van der Waals surface area contributed by atoms with E-state index in [1.54, 1.807) is 0 Å². The first-order valence-electron chi connectivity index (χ1n) is 4.22. The summed E-state index contributed by atoms with van der Waals surface area (Å²) in [5, 5.41) is 17.0. The Morgan fingerprint density at radius 1 is 1.44 bits per heavy atom. The fraction of sp³-hybridized carbons (Fsp3) is 0.222. The second-order valence-corrected chi connectivity index (χ2v) is 3.03. The van der Waals surface area contributed by atoms with Crippen LogP contribution in [-0.2, 0) is 6.18 Å². The van der Waals surface area contributed by atoms with Crippen molar-refractivity contribution in [2.75, 3.05) is 0 Å². The highest BCUT2D eigenvalue weighted by molar-refractivity contribution is 5.90. The summed E-state index contributed by atoms with van der Waals surface area (Å²) in [6.45, 7) is 0. The van der Waals surface area contributed by atoms with Crippen molar-refractivity contribution in [2.24, 2.45) is 0 Å². The van der Waals surface area contributed by atoms with E-state index in [2.05, 4.69) is 4.98 Å².